The summed E-state index contributed by atoms with van der Waals surface area (Å²) in [6.45, 7) is 5.63. The van der Waals surface area contributed by atoms with Crippen molar-refractivity contribution in [1.82, 2.24) is 15.3 Å². The summed E-state index contributed by atoms with van der Waals surface area (Å²) in [7, 11) is 0. The van der Waals surface area contributed by atoms with Crippen molar-refractivity contribution < 1.29 is 9.47 Å². The van der Waals surface area contributed by atoms with Crippen LogP contribution in [0.5, 0.6) is 0 Å². The monoisotopic (exact) mass is 279 g/mol. The number of hydrogen-bond donors (Lipinski definition) is 2. The molecule has 0 amide bonds. The van der Waals surface area contributed by atoms with Gasteiger partial charge in [-0.2, -0.15) is 0 Å². The minimum atomic E-state index is 0.0431. The lowest BCUT2D eigenvalue weighted by molar-refractivity contribution is -0.150. The molecule has 0 bridgehead atoms. The van der Waals surface area contributed by atoms with E-state index in [4.69, 9.17) is 9.47 Å². The summed E-state index contributed by atoms with van der Waals surface area (Å²) in [4.78, 5) is 7.73. The van der Waals surface area contributed by atoms with Gasteiger partial charge in [-0.05, 0) is 38.1 Å². The largest absolute Gasteiger partial charge is 0.381 e. The van der Waals surface area contributed by atoms with Gasteiger partial charge in [-0.25, -0.2) is 4.98 Å². The molecule has 0 aromatic carbocycles. The smallest absolute Gasteiger partial charge is 0.123 e. The minimum Gasteiger partial charge on any atom is -0.381 e. The van der Waals surface area contributed by atoms with Crippen LogP contribution in [0, 0.1) is 5.92 Å². The van der Waals surface area contributed by atoms with Gasteiger partial charge in [-0.1, -0.05) is 6.92 Å². The van der Waals surface area contributed by atoms with E-state index in [9.17, 15) is 0 Å². The van der Waals surface area contributed by atoms with E-state index in [1.807, 2.05) is 12.4 Å². The normalized spacial score (nSPS) is 27.6. The minimum absolute atomic E-state index is 0.0431. The third-order valence-electron chi connectivity index (χ3n) is 4.64. The van der Waals surface area contributed by atoms with Crippen LogP contribution in [-0.2, 0) is 9.47 Å². The Hall–Kier alpha value is -0.910. The fourth-order valence-corrected chi connectivity index (χ4v) is 3.60. The van der Waals surface area contributed by atoms with Crippen LogP contribution in [0.15, 0.2) is 12.4 Å². The van der Waals surface area contributed by atoms with Gasteiger partial charge in [0.25, 0.3) is 0 Å². The Morgan fingerprint density at radius 2 is 2.30 bits per heavy atom. The van der Waals surface area contributed by atoms with E-state index >= 15 is 0 Å². The van der Waals surface area contributed by atoms with Gasteiger partial charge in [-0.3, -0.25) is 0 Å². The van der Waals surface area contributed by atoms with Gasteiger partial charge in [0.05, 0.1) is 11.6 Å². The predicted molar refractivity (Wildman–Crippen MR) is 76.5 cm³/mol. The highest BCUT2D eigenvalue weighted by Gasteiger charge is 2.41. The van der Waals surface area contributed by atoms with Crippen molar-refractivity contribution >= 4 is 0 Å². The Kier molecular flexibility index (Phi) is 4.38. The highest BCUT2D eigenvalue weighted by atomic mass is 16.5. The molecule has 2 saturated heterocycles. The molecule has 0 radical (unpaired) electrons. The third-order valence-corrected chi connectivity index (χ3v) is 4.64. The first kappa shape index (κ1) is 14.0. The second-order valence-corrected chi connectivity index (χ2v) is 5.91. The average molecular weight is 279 g/mol. The van der Waals surface area contributed by atoms with Crippen molar-refractivity contribution in [1.29, 1.82) is 0 Å². The zero-order valence-electron chi connectivity index (χ0n) is 12.2. The van der Waals surface area contributed by atoms with E-state index in [0.29, 0.717) is 12.0 Å². The topological polar surface area (TPSA) is 59.2 Å². The molecule has 1 aromatic heterocycles. The summed E-state index contributed by atoms with van der Waals surface area (Å²) in [5.74, 6) is 1.63. The molecule has 20 heavy (non-hydrogen) atoms. The molecular weight excluding hydrogens is 254 g/mol. The Morgan fingerprint density at radius 1 is 1.45 bits per heavy atom. The highest BCUT2D eigenvalue weighted by Crippen LogP contribution is 2.41. The average Bonchev–Trinajstić information content (AvgIpc) is 2.99. The predicted octanol–water partition coefficient (Wildman–Crippen LogP) is 2.04. The number of aromatic nitrogens is 2. The summed E-state index contributed by atoms with van der Waals surface area (Å²) in [5.41, 5.74) is 0.0431. The molecular formula is C15H25N3O2. The van der Waals surface area contributed by atoms with Gasteiger partial charge in [-0.15, -0.1) is 0 Å². The lowest BCUT2D eigenvalue weighted by Crippen LogP contribution is -2.47. The van der Waals surface area contributed by atoms with E-state index in [1.165, 1.54) is 0 Å². The maximum absolute atomic E-state index is 6.14. The Labute approximate surface area is 120 Å². The van der Waals surface area contributed by atoms with E-state index in [1.54, 1.807) is 0 Å². The molecule has 2 N–H and O–H groups in total. The van der Waals surface area contributed by atoms with Crippen molar-refractivity contribution in [2.75, 3.05) is 26.4 Å². The Bertz CT molecular complexity index is 396. The Morgan fingerprint density at radius 3 is 3.00 bits per heavy atom. The molecule has 0 aliphatic carbocycles. The van der Waals surface area contributed by atoms with Crippen LogP contribution in [0.25, 0.3) is 0 Å². The maximum atomic E-state index is 6.14. The summed E-state index contributed by atoms with van der Waals surface area (Å²) in [6, 6.07) is 0.304. The zero-order chi connectivity index (χ0) is 13.8. The number of nitrogens with zero attached hydrogens (tertiary/aromatic N) is 1. The summed E-state index contributed by atoms with van der Waals surface area (Å²) in [6.07, 6.45) is 8.00. The van der Waals surface area contributed by atoms with E-state index in [-0.39, 0.29) is 5.60 Å². The van der Waals surface area contributed by atoms with Crippen molar-refractivity contribution in [3.05, 3.63) is 18.2 Å². The molecule has 2 aliphatic heterocycles. The summed E-state index contributed by atoms with van der Waals surface area (Å²) in [5, 5.41) is 3.60. The molecule has 3 heterocycles. The molecule has 112 valence electrons. The second kappa shape index (κ2) is 6.24. The summed E-state index contributed by atoms with van der Waals surface area (Å²) < 4.78 is 11.6. The molecule has 0 saturated carbocycles. The second-order valence-electron chi connectivity index (χ2n) is 5.91. The van der Waals surface area contributed by atoms with Crippen LogP contribution in [0.3, 0.4) is 0 Å². The quantitative estimate of drug-likeness (QED) is 0.885. The van der Waals surface area contributed by atoms with Crippen LogP contribution in [0.2, 0.25) is 0 Å². The van der Waals surface area contributed by atoms with E-state index in [0.717, 1.165) is 57.9 Å². The van der Waals surface area contributed by atoms with Gasteiger partial charge < -0.3 is 19.8 Å². The zero-order valence-corrected chi connectivity index (χ0v) is 12.2. The lowest BCUT2D eigenvalue weighted by Gasteiger charge is -2.45. The SMILES string of the molecule is CCNC(c1ncc[nH]1)C1CCOC2(CCOCC2)C1. The van der Waals surface area contributed by atoms with Gasteiger partial charge in [0.1, 0.15) is 5.82 Å². The van der Waals surface area contributed by atoms with E-state index < -0.39 is 0 Å². The maximum Gasteiger partial charge on any atom is 0.123 e. The highest BCUT2D eigenvalue weighted by molar-refractivity contribution is 5.02. The first-order chi connectivity index (χ1) is 9.83. The number of aromatic amines is 1. The number of nitrogens with one attached hydrogen (secondary N) is 2. The van der Waals surface area contributed by atoms with Crippen LogP contribution in [0.4, 0.5) is 0 Å². The third kappa shape index (κ3) is 2.90. The van der Waals surface area contributed by atoms with Gasteiger partial charge in [0, 0.05) is 32.2 Å². The molecule has 2 fully saturated rings. The standard InChI is InChI=1S/C15H25N3O2/c1-2-16-13(14-17-6-7-18-14)12-3-8-20-15(11-12)4-9-19-10-5-15/h6-7,12-13,16H,2-5,8-11H2,1H3,(H,17,18). The van der Waals surface area contributed by atoms with Crippen molar-refractivity contribution in [3.63, 3.8) is 0 Å². The molecule has 2 aliphatic rings. The van der Waals surface area contributed by atoms with Crippen LogP contribution >= 0.6 is 0 Å². The molecule has 5 heteroatoms. The van der Waals surface area contributed by atoms with Gasteiger partial charge in [0.15, 0.2) is 0 Å². The number of imidazole rings is 1. The first-order valence-corrected chi connectivity index (χ1v) is 7.77. The summed E-state index contributed by atoms with van der Waals surface area (Å²) >= 11 is 0. The number of rotatable bonds is 4. The van der Waals surface area contributed by atoms with E-state index in [2.05, 4.69) is 22.2 Å². The number of H-pyrrole nitrogens is 1. The van der Waals surface area contributed by atoms with Gasteiger partial charge in [0.2, 0.25) is 0 Å². The van der Waals surface area contributed by atoms with Gasteiger partial charge >= 0.3 is 0 Å². The number of hydrogen-bond acceptors (Lipinski definition) is 4. The fraction of sp³-hybridized carbons (Fsp3) is 0.800. The number of ether oxygens (including phenoxy) is 2. The van der Waals surface area contributed by atoms with Crippen LogP contribution in [-0.4, -0.2) is 41.9 Å². The molecule has 5 nitrogen and oxygen atoms in total. The fourth-order valence-electron chi connectivity index (χ4n) is 3.60. The van der Waals surface area contributed by atoms with Crippen LogP contribution in [0.1, 0.15) is 44.5 Å². The molecule has 3 rings (SSSR count). The lowest BCUT2D eigenvalue weighted by atomic mass is 9.77. The van der Waals surface area contributed by atoms with Crippen molar-refractivity contribution in [2.45, 2.75) is 44.2 Å². The molecule has 2 unspecified atom stereocenters. The molecule has 1 aromatic rings. The first-order valence-electron chi connectivity index (χ1n) is 7.77. The van der Waals surface area contributed by atoms with Crippen molar-refractivity contribution in [2.24, 2.45) is 5.92 Å². The van der Waals surface area contributed by atoms with Crippen molar-refractivity contribution in [3.8, 4) is 0 Å². The van der Waals surface area contributed by atoms with Crippen LogP contribution < -0.4 is 5.32 Å². The Balaban J connectivity index is 1.73. The molecule has 1 spiro atoms. The molecule has 2 atom stereocenters.